The van der Waals surface area contributed by atoms with E-state index in [2.05, 4.69) is 15.5 Å². The van der Waals surface area contributed by atoms with E-state index in [0.717, 1.165) is 22.7 Å². The monoisotopic (exact) mass is 336 g/mol. The maximum absolute atomic E-state index is 12.4. The van der Waals surface area contributed by atoms with E-state index in [0.29, 0.717) is 18.2 Å². The molecule has 1 fully saturated rings. The van der Waals surface area contributed by atoms with Crippen LogP contribution in [-0.4, -0.2) is 40.0 Å². The average Bonchev–Trinajstić information content (AvgIpc) is 3.18. The number of hydrogen-bond donors (Lipinski definition) is 1. The summed E-state index contributed by atoms with van der Waals surface area (Å²) in [6, 6.07) is 3.69. The summed E-state index contributed by atoms with van der Waals surface area (Å²) in [5, 5.41) is 13.8. The summed E-state index contributed by atoms with van der Waals surface area (Å²) in [4.78, 5) is 27.2. The average molecular weight is 336 g/mol. The predicted octanol–water partition coefficient (Wildman–Crippen LogP) is 2.40. The number of amides is 2. The highest BCUT2D eigenvalue weighted by atomic mass is 32.1. The zero-order chi connectivity index (χ0) is 15.5. The lowest BCUT2D eigenvalue weighted by Gasteiger charge is -2.31. The number of aromatic nitrogens is 2. The summed E-state index contributed by atoms with van der Waals surface area (Å²) in [5.41, 5.74) is 0. The van der Waals surface area contributed by atoms with Crippen LogP contribution in [0, 0.1) is 12.8 Å². The van der Waals surface area contributed by atoms with Crippen LogP contribution in [0.5, 0.6) is 0 Å². The molecular weight excluding hydrogens is 320 g/mol. The van der Waals surface area contributed by atoms with Gasteiger partial charge in [0.15, 0.2) is 0 Å². The van der Waals surface area contributed by atoms with Gasteiger partial charge in [0.1, 0.15) is 5.01 Å². The minimum atomic E-state index is -0.193. The number of carbonyl (C=O) groups is 2. The van der Waals surface area contributed by atoms with Gasteiger partial charge >= 0.3 is 0 Å². The van der Waals surface area contributed by atoms with Crippen molar-refractivity contribution in [3.05, 3.63) is 27.4 Å². The molecule has 0 saturated carbocycles. The lowest BCUT2D eigenvalue weighted by molar-refractivity contribution is -0.121. The van der Waals surface area contributed by atoms with Gasteiger partial charge in [0.05, 0.1) is 10.8 Å². The maximum atomic E-state index is 12.4. The van der Waals surface area contributed by atoms with Crippen LogP contribution in [0.2, 0.25) is 0 Å². The fourth-order valence-corrected chi connectivity index (χ4v) is 3.77. The summed E-state index contributed by atoms with van der Waals surface area (Å²) in [6.07, 6.45) is 1.63. The number of likely N-dealkylation sites (tertiary alicyclic amines) is 1. The molecule has 1 N–H and O–H groups in total. The molecule has 0 spiro atoms. The van der Waals surface area contributed by atoms with Gasteiger partial charge in [0.2, 0.25) is 11.0 Å². The molecule has 2 amide bonds. The molecule has 116 valence electrons. The molecule has 8 heteroatoms. The molecule has 3 heterocycles. The molecule has 1 aliphatic heterocycles. The van der Waals surface area contributed by atoms with Crippen LogP contribution in [0.4, 0.5) is 5.13 Å². The Hall–Kier alpha value is -1.80. The molecule has 1 aliphatic rings. The first-order chi connectivity index (χ1) is 10.6. The highest BCUT2D eigenvalue weighted by molar-refractivity contribution is 7.15. The number of thiophene rings is 1. The highest BCUT2D eigenvalue weighted by Crippen LogP contribution is 2.22. The van der Waals surface area contributed by atoms with Gasteiger partial charge in [-0.25, -0.2) is 0 Å². The first-order valence-electron chi connectivity index (χ1n) is 7.07. The third-order valence-corrected chi connectivity index (χ3v) is 5.18. The van der Waals surface area contributed by atoms with Crippen LogP contribution in [-0.2, 0) is 4.79 Å². The second-order valence-electron chi connectivity index (χ2n) is 5.18. The molecule has 0 unspecified atom stereocenters. The molecule has 0 aromatic carbocycles. The molecular formula is C14H16N4O2S2. The number of aryl methyl sites for hydroxylation is 1. The molecule has 1 atom stereocenters. The summed E-state index contributed by atoms with van der Waals surface area (Å²) < 4.78 is 0. The number of carbonyl (C=O) groups excluding carboxylic acids is 2. The zero-order valence-corrected chi connectivity index (χ0v) is 13.7. The third-order valence-electron chi connectivity index (χ3n) is 3.57. The Balaban J connectivity index is 1.62. The van der Waals surface area contributed by atoms with E-state index in [1.165, 1.54) is 22.7 Å². The Kier molecular flexibility index (Phi) is 4.49. The van der Waals surface area contributed by atoms with Crippen molar-refractivity contribution in [2.75, 3.05) is 18.4 Å². The van der Waals surface area contributed by atoms with Crippen molar-refractivity contribution in [1.29, 1.82) is 0 Å². The molecule has 0 bridgehead atoms. The van der Waals surface area contributed by atoms with Crippen molar-refractivity contribution in [3.8, 4) is 0 Å². The quantitative estimate of drug-likeness (QED) is 0.934. The van der Waals surface area contributed by atoms with Gasteiger partial charge in [0.25, 0.3) is 5.91 Å². The van der Waals surface area contributed by atoms with Gasteiger partial charge < -0.3 is 10.2 Å². The van der Waals surface area contributed by atoms with Crippen LogP contribution in [0.25, 0.3) is 0 Å². The van der Waals surface area contributed by atoms with E-state index in [9.17, 15) is 9.59 Å². The first-order valence-corrected chi connectivity index (χ1v) is 8.77. The highest BCUT2D eigenvalue weighted by Gasteiger charge is 2.29. The van der Waals surface area contributed by atoms with Gasteiger partial charge in [0, 0.05) is 13.1 Å². The number of piperidine rings is 1. The normalized spacial score (nSPS) is 18.2. The van der Waals surface area contributed by atoms with Crippen molar-refractivity contribution < 1.29 is 9.59 Å². The molecule has 1 saturated heterocycles. The largest absolute Gasteiger partial charge is 0.337 e. The number of nitrogens with zero attached hydrogens (tertiary/aromatic N) is 3. The van der Waals surface area contributed by atoms with Gasteiger partial charge in [-0.3, -0.25) is 9.59 Å². The molecule has 22 heavy (non-hydrogen) atoms. The molecule has 3 rings (SSSR count). The first kappa shape index (κ1) is 15.1. The maximum Gasteiger partial charge on any atom is 0.263 e. The van der Waals surface area contributed by atoms with E-state index in [1.54, 1.807) is 4.90 Å². The summed E-state index contributed by atoms with van der Waals surface area (Å²) >= 11 is 2.78. The topological polar surface area (TPSA) is 75.2 Å². The van der Waals surface area contributed by atoms with Crippen molar-refractivity contribution in [2.24, 2.45) is 5.92 Å². The third kappa shape index (κ3) is 3.33. The molecule has 2 aromatic heterocycles. The van der Waals surface area contributed by atoms with Crippen molar-refractivity contribution in [1.82, 2.24) is 15.1 Å². The number of nitrogens with one attached hydrogen (secondary N) is 1. The fraction of sp³-hybridized carbons (Fsp3) is 0.429. The predicted molar refractivity (Wildman–Crippen MR) is 86.2 cm³/mol. The number of anilines is 1. The van der Waals surface area contributed by atoms with Gasteiger partial charge in [-0.1, -0.05) is 17.4 Å². The second-order valence-corrected chi connectivity index (χ2v) is 7.31. The summed E-state index contributed by atoms with van der Waals surface area (Å²) in [5.74, 6) is -0.263. The molecule has 2 aromatic rings. The lowest BCUT2D eigenvalue weighted by Crippen LogP contribution is -2.43. The van der Waals surface area contributed by atoms with Crippen LogP contribution in [0.1, 0.15) is 27.5 Å². The Labute approximate surface area is 136 Å². The van der Waals surface area contributed by atoms with Crippen molar-refractivity contribution >= 4 is 39.6 Å². The van der Waals surface area contributed by atoms with Crippen LogP contribution in [0.3, 0.4) is 0 Å². The Morgan fingerprint density at radius 3 is 2.95 bits per heavy atom. The van der Waals surface area contributed by atoms with E-state index < -0.39 is 0 Å². The van der Waals surface area contributed by atoms with E-state index in [4.69, 9.17) is 0 Å². The molecule has 0 aliphatic carbocycles. The lowest BCUT2D eigenvalue weighted by atomic mass is 9.97. The summed E-state index contributed by atoms with van der Waals surface area (Å²) in [7, 11) is 0. The van der Waals surface area contributed by atoms with Crippen LogP contribution < -0.4 is 5.32 Å². The summed E-state index contributed by atoms with van der Waals surface area (Å²) in [6.45, 7) is 3.01. The zero-order valence-electron chi connectivity index (χ0n) is 12.1. The minimum Gasteiger partial charge on any atom is -0.337 e. The standard InChI is InChI=1S/C14H16N4O2S2/c1-9-16-17-14(22-9)15-12(19)10-4-2-6-18(8-10)13(20)11-5-3-7-21-11/h3,5,7,10H,2,4,6,8H2,1H3,(H,15,17,19)/t10-/m0/s1. The van der Waals surface area contributed by atoms with Gasteiger partial charge in [-0.2, -0.15) is 0 Å². The number of rotatable bonds is 3. The van der Waals surface area contributed by atoms with Gasteiger partial charge in [-0.05, 0) is 31.2 Å². The Morgan fingerprint density at radius 2 is 2.27 bits per heavy atom. The second kappa shape index (κ2) is 6.53. The van der Waals surface area contributed by atoms with Crippen molar-refractivity contribution in [3.63, 3.8) is 0 Å². The van der Waals surface area contributed by atoms with Crippen molar-refractivity contribution in [2.45, 2.75) is 19.8 Å². The van der Waals surface area contributed by atoms with E-state index >= 15 is 0 Å². The number of hydrogen-bond acceptors (Lipinski definition) is 6. The Morgan fingerprint density at radius 1 is 1.41 bits per heavy atom. The van der Waals surface area contributed by atoms with Gasteiger partial charge in [-0.15, -0.1) is 21.5 Å². The Bertz CT molecular complexity index is 668. The fourth-order valence-electron chi connectivity index (χ4n) is 2.49. The molecule has 0 radical (unpaired) electrons. The molecule has 6 nitrogen and oxygen atoms in total. The smallest absolute Gasteiger partial charge is 0.263 e. The minimum absolute atomic E-state index is 0.0132. The van der Waals surface area contributed by atoms with E-state index in [1.807, 2.05) is 24.4 Å². The van der Waals surface area contributed by atoms with Crippen LogP contribution in [0.15, 0.2) is 17.5 Å². The van der Waals surface area contributed by atoms with E-state index in [-0.39, 0.29) is 17.7 Å². The SMILES string of the molecule is Cc1nnc(NC(=O)[C@H]2CCCN(C(=O)c3cccs3)C2)s1. The van der Waals surface area contributed by atoms with Crippen LogP contribution >= 0.6 is 22.7 Å².